The standard InChI is InChI=1S/C20H26N4O2S/c1-26-13-7-12-23-18(25)16-10-5-6-11-17(16)24-19(23)21-22-20(24)27-14-15-8-3-2-4-9-15/h5-6,10-11,15H,2-4,7-9,12-14H2,1H3. The highest BCUT2D eigenvalue weighted by Gasteiger charge is 2.19. The number of aryl methyl sites for hydroxylation is 1. The maximum Gasteiger partial charge on any atom is 0.262 e. The minimum absolute atomic E-state index is 0.00886. The average molecular weight is 387 g/mol. The molecule has 1 aliphatic rings. The number of ether oxygens (including phenoxy) is 1. The summed E-state index contributed by atoms with van der Waals surface area (Å²) in [5.74, 6) is 2.45. The Morgan fingerprint density at radius 1 is 1.19 bits per heavy atom. The minimum Gasteiger partial charge on any atom is -0.385 e. The van der Waals surface area contributed by atoms with Crippen LogP contribution in [0.2, 0.25) is 0 Å². The fourth-order valence-corrected chi connectivity index (χ4v) is 5.07. The molecule has 7 heteroatoms. The Labute approximate surface area is 162 Å². The number of hydrogen-bond acceptors (Lipinski definition) is 5. The minimum atomic E-state index is -0.00886. The lowest BCUT2D eigenvalue weighted by atomic mass is 9.91. The van der Waals surface area contributed by atoms with Crippen LogP contribution in [0.5, 0.6) is 0 Å². The lowest BCUT2D eigenvalue weighted by molar-refractivity contribution is 0.190. The van der Waals surface area contributed by atoms with Crippen molar-refractivity contribution in [3.05, 3.63) is 34.6 Å². The van der Waals surface area contributed by atoms with Gasteiger partial charge in [0, 0.05) is 26.0 Å². The van der Waals surface area contributed by atoms with Crippen LogP contribution in [-0.2, 0) is 11.3 Å². The van der Waals surface area contributed by atoms with Crippen LogP contribution in [-0.4, -0.2) is 38.6 Å². The van der Waals surface area contributed by atoms with Gasteiger partial charge in [0.2, 0.25) is 5.78 Å². The van der Waals surface area contributed by atoms with Crippen molar-refractivity contribution in [2.75, 3.05) is 19.5 Å². The molecule has 0 saturated heterocycles. The molecule has 2 heterocycles. The molecule has 1 aliphatic carbocycles. The smallest absolute Gasteiger partial charge is 0.262 e. The van der Waals surface area contributed by atoms with Crippen LogP contribution < -0.4 is 5.56 Å². The number of aromatic nitrogens is 4. The number of methoxy groups -OCH3 is 1. The topological polar surface area (TPSA) is 61.4 Å². The summed E-state index contributed by atoms with van der Waals surface area (Å²) in [5.41, 5.74) is 0.877. The van der Waals surface area contributed by atoms with Crippen LogP contribution in [0.1, 0.15) is 38.5 Å². The Bertz CT molecular complexity index is 975. The Balaban J connectivity index is 1.73. The Kier molecular flexibility index (Phi) is 5.78. The highest BCUT2D eigenvalue weighted by atomic mass is 32.2. The molecule has 27 heavy (non-hydrogen) atoms. The van der Waals surface area contributed by atoms with Crippen LogP contribution in [0.25, 0.3) is 16.7 Å². The summed E-state index contributed by atoms with van der Waals surface area (Å²) >= 11 is 1.77. The number of benzene rings is 1. The second-order valence-electron chi connectivity index (χ2n) is 7.25. The third-order valence-corrected chi connectivity index (χ3v) is 6.54. The number of hydrogen-bond donors (Lipinski definition) is 0. The van der Waals surface area contributed by atoms with E-state index in [0.29, 0.717) is 24.3 Å². The van der Waals surface area contributed by atoms with Gasteiger partial charge in [-0.05, 0) is 37.3 Å². The monoisotopic (exact) mass is 386 g/mol. The van der Waals surface area contributed by atoms with E-state index in [0.717, 1.165) is 28.8 Å². The fourth-order valence-electron chi connectivity index (χ4n) is 3.94. The summed E-state index contributed by atoms with van der Waals surface area (Å²) in [6, 6.07) is 7.75. The van der Waals surface area contributed by atoms with E-state index < -0.39 is 0 Å². The summed E-state index contributed by atoms with van der Waals surface area (Å²) in [6.07, 6.45) is 7.44. The van der Waals surface area contributed by atoms with E-state index >= 15 is 0 Å². The van der Waals surface area contributed by atoms with Crippen molar-refractivity contribution in [3.8, 4) is 0 Å². The van der Waals surface area contributed by atoms with Gasteiger partial charge in [0.25, 0.3) is 5.56 Å². The SMILES string of the molecule is COCCCn1c(=O)c2ccccc2n2c(SCC3CCCCC3)nnc12. The number of nitrogens with zero attached hydrogens (tertiary/aromatic N) is 4. The Morgan fingerprint density at radius 3 is 2.81 bits per heavy atom. The van der Waals surface area contributed by atoms with E-state index in [2.05, 4.69) is 14.6 Å². The predicted molar refractivity (Wildman–Crippen MR) is 109 cm³/mol. The molecule has 144 valence electrons. The molecule has 0 atom stereocenters. The van der Waals surface area contributed by atoms with Gasteiger partial charge in [0.15, 0.2) is 5.16 Å². The maximum absolute atomic E-state index is 13.0. The van der Waals surface area contributed by atoms with E-state index in [4.69, 9.17) is 4.74 Å². The molecule has 0 aliphatic heterocycles. The zero-order chi connectivity index (χ0) is 18.6. The van der Waals surface area contributed by atoms with Gasteiger partial charge >= 0.3 is 0 Å². The quantitative estimate of drug-likeness (QED) is 0.457. The maximum atomic E-state index is 13.0. The van der Waals surface area contributed by atoms with Gasteiger partial charge in [-0.15, -0.1) is 10.2 Å². The van der Waals surface area contributed by atoms with Gasteiger partial charge < -0.3 is 4.74 Å². The highest BCUT2D eigenvalue weighted by molar-refractivity contribution is 7.99. The zero-order valence-corrected chi connectivity index (χ0v) is 16.6. The summed E-state index contributed by atoms with van der Waals surface area (Å²) in [7, 11) is 1.68. The summed E-state index contributed by atoms with van der Waals surface area (Å²) in [5, 5.41) is 10.4. The van der Waals surface area contributed by atoms with Gasteiger partial charge in [-0.1, -0.05) is 43.2 Å². The zero-order valence-electron chi connectivity index (χ0n) is 15.8. The summed E-state index contributed by atoms with van der Waals surface area (Å²) in [4.78, 5) is 13.0. The number of fused-ring (bicyclic) bond motifs is 3. The molecule has 0 spiro atoms. The lowest BCUT2D eigenvalue weighted by Gasteiger charge is -2.20. The number of para-hydroxylation sites is 1. The lowest BCUT2D eigenvalue weighted by Crippen LogP contribution is -2.24. The second kappa shape index (κ2) is 8.44. The third-order valence-electron chi connectivity index (χ3n) is 5.38. The predicted octanol–water partition coefficient (Wildman–Crippen LogP) is 3.75. The Morgan fingerprint density at radius 2 is 2.00 bits per heavy atom. The van der Waals surface area contributed by atoms with Crippen LogP contribution in [0.15, 0.2) is 34.2 Å². The number of rotatable bonds is 7. The molecule has 0 N–H and O–H groups in total. The first-order valence-electron chi connectivity index (χ1n) is 9.78. The fraction of sp³-hybridized carbons (Fsp3) is 0.550. The van der Waals surface area contributed by atoms with Crippen LogP contribution in [0.4, 0.5) is 0 Å². The van der Waals surface area contributed by atoms with E-state index in [1.54, 1.807) is 23.4 Å². The molecule has 0 bridgehead atoms. The second-order valence-corrected chi connectivity index (χ2v) is 8.24. The van der Waals surface area contributed by atoms with E-state index in [1.807, 2.05) is 24.3 Å². The molecule has 1 saturated carbocycles. The molecule has 4 rings (SSSR count). The van der Waals surface area contributed by atoms with Crippen LogP contribution in [0, 0.1) is 5.92 Å². The molecule has 2 aromatic heterocycles. The molecular formula is C20H26N4O2S. The summed E-state index contributed by atoms with van der Waals surface area (Å²) in [6.45, 7) is 1.19. The van der Waals surface area contributed by atoms with Gasteiger partial charge in [-0.2, -0.15) is 0 Å². The largest absolute Gasteiger partial charge is 0.385 e. The van der Waals surface area contributed by atoms with E-state index in [1.165, 1.54) is 32.1 Å². The van der Waals surface area contributed by atoms with Crippen molar-refractivity contribution in [3.63, 3.8) is 0 Å². The van der Waals surface area contributed by atoms with Crippen molar-refractivity contribution in [1.29, 1.82) is 0 Å². The molecular weight excluding hydrogens is 360 g/mol. The Hall–Kier alpha value is -1.86. The average Bonchev–Trinajstić information content (AvgIpc) is 3.14. The summed E-state index contributed by atoms with van der Waals surface area (Å²) < 4.78 is 8.94. The number of thioether (sulfide) groups is 1. The normalized spacial score (nSPS) is 15.7. The van der Waals surface area contributed by atoms with Crippen LogP contribution >= 0.6 is 11.8 Å². The van der Waals surface area contributed by atoms with Crippen molar-refractivity contribution in [2.24, 2.45) is 5.92 Å². The van der Waals surface area contributed by atoms with E-state index in [-0.39, 0.29) is 5.56 Å². The first kappa shape index (κ1) is 18.5. The highest BCUT2D eigenvalue weighted by Crippen LogP contribution is 2.30. The van der Waals surface area contributed by atoms with Gasteiger partial charge in [0.1, 0.15) is 0 Å². The van der Waals surface area contributed by atoms with Gasteiger partial charge in [-0.3, -0.25) is 13.8 Å². The van der Waals surface area contributed by atoms with Crippen molar-refractivity contribution in [1.82, 2.24) is 19.2 Å². The molecule has 0 radical (unpaired) electrons. The molecule has 6 nitrogen and oxygen atoms in total. The molecule has 3 aromatic rings. The molecule has 1 aromatic carbocycles. The molecule has 0 amide bonds. The molecule has 1 fully saturated rings. The first-order valence-corrected chi connectivity index (χ1v) is 10.8. The van der Waals surface area contributed by atoms with Crippen molar-refractivity contribution in [2.45, 2.75) is 50.2 Å². The van der Waals surface area contributed by atoms with Crippen LogP contribution in [0.3, 0.4) is 0 Å². The molecule has 0 unspecified atom stereocenters. The van der Waals surface area contributed by atoms with Crippen molar-refractivity contribution < 1.29 is 4.74 Å². The first-order chi connectivity index (χ1) is 13.3. The van der Waals surface area contributed by atoms with Gasteiger partial charge in [-0.25, -0.2) is 0 Å². The van der Waals surface area contributed by atoms with Gasteiger partial charge in [0.05, 0.1) is 10.9 Å². The van der Waals surface area contributed by atoms with Crippen molar-refractivity contribution >= 4 is 28.4 Å². The third kappa shape index (κ3) is 3.75. The van der Waals surface area contributed by atoms with E-state index in [9.17, 15) is 4.79 Å².